The van der Waals surface area contributed by atoms with Crippen molar-refractivity contribution in [3.8, 4) is 0 Å². The maximum Gasteiger partial charge on any atom is 0.183 e. The van der Waals surface area contributed by atoms with E-state index >= 15 is 0 Å². The molecule has 2 heteroatoms. The average molecular weight is 169 g/mol. The molecule has 0 radical (unpaired) electrons. The zero-order chi connectivity index (χ0) is 8.81. The summed E-state index contributed by atoms with van der Waals surface area (Å²) >= 11 is 0. The molecule has 2 nitrogen and oxygen atoms in total. The highest BCUT2D eigenvalue weighted by atomic mass is 16.5. The van der Waals surface area contributed by atoms with E-state index in [1.165, 1.54) is 32.1 Å². The minimum atomic E-state index is 0.535. The molecule has 0 amide bonds. The van der Waals surface area contributed by atoms with Crippen molar-refractivity contribution < 1.29 is 4.74 Å². The Morgan fingerprint density at radius 1 is 1.50 bits per heavy atom. The van der Waals surface area contributed by atoms with Crippen molar-refractivity contribution in [1.29, 1.82) is 0 Å². The van der Waals surface area contributed by atoms with Gasteiger partial charge < -0.3 is 4.74 Å². The van der Waals surface area contributed by atoms with Crippen molar-refractivity contribution in [3.05, 3.63) is 0 Å². The van der Waals surface area contributed by atoms with E-state index in [4.69, 9.17) is 4.74 Å². The minimum Gasteiger partial charge on any atom is -0.484 e. The first-order chi connectivity index (χ1) is 5.86. The summed E-state index contributed by atoms with van der Waals surface area (Å²) in [6.45, 7) is 2.22. The summed E-state index contributed by atoms with van der Waals surface area (Å²) in [6, 6.07) is 0.535. The lowest BCUT2D eigenvalue weighted by molar-refractivity contribution is 0.385. The summed E-state index contributed by atoms with van der Waals surface area (Å²) in [5.41, 5.74) is 0. The predicted molar refractivity (Wildman–Crippen MR) is 51.6 cm³/mol. The molecule has 0 aromatic heterocycles. The molecule has 1 heterocycles. The quantitative estimate of drug-likeness (QED) is 0.623. The van der Waals surface area contributed by atoms with Gasteiger partial charge in [-0.15, -0.1) is 0 Å². The number of hydrogen-bond donors (Lipinski definition) is 0. The maximum absolute atomic E-state index is 5.20. The molecular weight excluding hydrogens is 150 g/mol. The fourth-order valence-electron chi connectivity index (χ4n) is 1.69. The van der Waals surface area contributed by atoms with Gasteiger partial charge in [-0.05, 0) is 19.3 Å². The molecule has 0 saturated heterocycles. The number of ether oxygens (including phenoxy) is 1. The molecule has 0 spiro atoms. The Bertz CT molecular complexity index is 154. The van der Waals surface area contributed by atoms with Gasteiger partial charge in [0.25, 0.3) is 0 Å². The van der Waals surface area contributed by atoms with Crippen molar-refractivity contribution in [1.82, 2.24) is 0 Å². The molecule has 1 unspecified atom stereocenters. The summed E-state index contributed by atoms with van der Waals surface area (Å²) in [4.78, 5) is 4.58. The predicted octanol–water partition coefficient (Wildman–Crippen LogP) is 2.77. The third kappa shape index (κ3) is 2.84. The van der Waals surface area contributed by atoms with E-state index in [9.17, 15) is 0 Å². The topological polar surface area (TPSA) is 21.6 Å². The van der Waals surface area contributed by atoms with Crippen LogP contribution >= 0.6 is 0 Å². The summed E-state index contributed by atoms with van der Waals surface area (Å²) < 4.78 is 5.20. The number of methoxy groups -OCH3 is 1. The zero-order valence-corrected chi connectivity index (χ0v) is 8.18. The number of rotatable bonds is 2. The second kappa shape index (κ2) is 5.18. The van der Waals surface area contributed by atoms with E-state index < -0.39 is 0 Å². The molecule has 0 aliphatic carbocycles. The minimum absolute atomic E-state index is 0.535. The van der Waals surface area contributed by atoms with Crippen molar-refractivity contribution in [2.24, 2.45) is 4.99 Å². The van der Waals surface area contributed by atoms with Gasteiger partial charge >= 0.3 is 0 Å². The third-order valence-electron chi connectivity index (χ3n) is 2.36. The molecule has 0 fully saturated rings. The fourth-order valence-corrected chi connectivity index (χ4v) is 1.69. The molecule has 0 bridgehead atoms. The molecule has 1 aliphatic rings. The molecule has 12 heavy (non-hydrogen) atoms. The van der Waals surface area contributed by atoms with Crippen LogP contribution in [-0.4, -0.2) is 19.0 Å². The molecule has 1 rings (SSSR count). The van der Waals surface area contributed by atoms with Gasteiger partial charge in [-0.1, -0.05) is 19.8 Å². The van der Waals surface area contributed by atoms with Gasteiger partial charge in [0.15, 0.2) is 5.90 Å². The lowest BCUT2D eigenvalue weighted by Crippen LogP contribution is -2.06. The van der Waals surface area contributed by atoms with Crippen LogP contribution in [0.5, 0.6) is 0 Å². The first kappa shape index (κ1) is 9.56. The van der Waals surface area contributed by atoms with Crippen LogP contribution in [0.15, 0.2) is 4.99 Å². The lowest BCUT2D eigenvalue weighted by atomic mass is 10.1. The van der Waals surface area contributed by atoms with Crippen LogP contribution in [0.2, 0.25) is 0 Å². The van der Waals surface area contributed by atoms with E-state index in [1.807, 2.05) is 0 Å². The largest absolute Gasteiger partial charge is 0.484 e. The molecule has 0 aromatic rings. The van der Waals surface area contributed by atoms with Gasteiger partial charge in [-0.3, -0.25) is 4.99 Å². The van der Waals surface area contributed by atoms with Crippen LogP contribution < -0.4 is 0 Å². The smallest absolute Gasteiger partial charge is 0.183 e. The molecule has 0 saturated carbocycles. The highest BCUT2D eigenvalue weighted by Gasteiger charge is 2.12. The fraction of sp³-hybridized carbons (Fsp3) is 0.900. The van der Waals surface area contributed by atoms with Gasteiger partial charge in [-0.2, -0.15) is 0 Å². The van der Waals surface area contributed by atoms with Crippen molar-refractivity contribution >= 4 is 5.90 Å². The summed E-state index contributed by atoms with van der Waals surface area (Å²) in [5, 5.41) is 0. The number of hydrogen-bond acceptors (Lipinski definition) is 2. The second-order valence-corrected chi connectivity index (χ2v) is 3.42. The van der Waals surface area contributed by atoms with Crippen LogP contribution in [0.3, 0.4) is 0 Å². The van der Waals surface area contributed by atoms with E-state index in [-0.39, 0.29) is 0 Å². The zero-order valence-electron chi connectivity index (χ0n) is 8.18. The van der Waals surface area contributed by atoms with Gasteiger partial charge in [0.2, 0.25) is 0 Å². The van der Waals surface area contributed by atoms with Crippen LogP contribution in [0.4, 0.5) is 0 Å². The summed E-state index contributed by atoms with van der Waals surface area (Å²) in [5.74, 6) is 0.964. The van der Waals surface area contributed by atoms with E-state index in [2.05, 4.69) is 11.9 Å². The molecule has 0 aromatic carbocycles. The van der Waals surface area contributed by atoms with Crippen LogP contribution in [0.25, 0.3) is 0 Å². The van der Waals surface area contributed by atoms with E-state index in [1.54, 1.807) is 7.11 Å². The highest BCUT2D eigenvalue weighted by molar-refractivity contribution is 5.76. The van der Waals surface area contributed by atoms with Gasteiger partial charge in [0.05, 0.1) is 13.2 Å². The molecule has 70 valence electrons. The van der Waals surface area contributed by atoms with Crippen LogP contribution in [-0.2, 0) is 4.74 Å². The SMILES string of the molecule is CCCC1CCCCC(OC)=N1. The molecule has 0 N–H and O–H groups in total. The Morgan fingerprint density at radius 3 is 3.00 bits per heavy atom. The molecule has 1 atom stereocenters. The maximum atomic E-state index is 5.20. The first-order valence-electron chi connectivity index (χ1n) is 4.97. The van der Waals surface area contributed by atoms with E-state index in [0.29, 0.717) is 6.04 Å². The van der Waals surface area contributed by atoms with Gasteiger partial charge in [0.1, 0.15) is 0 Å². The van der Waals surface area contributed by atoms with Gasteiger partial charge in [0, 0.05) is 6.42 Å². The first-order valence-corrected chi connectivity index (χ1v) is 4.97. The summed E-state index contributed by atoms with van der Waals surface area (Å²) in [6.07, 6.45) is 7.28. The molecular formula is C10H19NO. The van der Waals surface area contributed by atoms with Crippen LogP contribution in [0, 0.1) is 0 Å². The average Bonchev–Trinajstić information content (AvgIpc) is 2.30. The Kier molecular flexibility index (Phi) is 4.12. The Labute approximate surface area is 75.0 Å². The monoisotopic (exact) mass is 169 g/mol. The Hall–Kier alpha value is -0.530. The normalized spacial score (nSPS) is 24.5. The van der Waals surface area contributed by atoms with Gasteiger partial charge in [-0.25, -0.2) is 0 Å². The third-order valence-corrected chi connectivity index (χ3v) is 2.36. The highest BCUT2D eigenvalue weighted by Crippen LogP contribution is 2.17. The Morgan fingerprint density at radius 2 is 2.33 bits per heavy atom. The second-order valence-electron chi connectivity index (χ2n) is 3.42. The summed E-state index contributed by atoms with van der Waals surface area (Å²) in [7, 11) is 1.73. The lowest BCUT2D eigenvalue weighted by Gasteiger charge is -2.08. The number of nitrogens with zero attached hydrogens (tertiary/aromatic N) is 1. The van der Waals surface area contributed by atoms with Crippen LogP contribution in [0.1, 0.15) is 45.4 Å². The van der Waals surface area contributed by atoms with Crippen molar-refractivity contribution in [2.45, 2.75) is 51.5 Å². The molecule has 1 aliphatic heterocycles. The van der Waals surface area contributed by atoms with Crippen molar-refractivity contribution in [2.75, 3.05) is 7.11 Å². The Balaban J connectivity index is 2.48. The number of aliphatic imine (C=N–C) groups is 1. The van der Waals surface area contributed by atoms with E-state index in [0.717, 1.165) is 12.3 Å². The van der Waals surface area contributed by atoms with Crippen molar-refractivity contribution in [3.63, 3.8) is 0 Å². The standard InChI is InChI=1S/C10H19NO/c1-3-6-9-7-4-5-8-10(11-9)12-2/h9H,3-8H2,1-2H3.